The molecule has 2 aromatic carbocycles. The Balaban J connectivity index is 1.68. The average Bonchev–Trinajstić information content (AvgIpc) is 2.55. The highest BCUT2D eigenvalue weighted by molar-refractivity contribution is 9.10. The van der Waals surface area contributed by atoms with Gasteiger partial charge < -0.3 is 10.6 Å². The highest BCUT2D eigenvalue weighted by Gasteiger charge is 2.08. The zero-order chi connectivity index (χ0) is 16.9. The van der Waals surface area contributed by atoms with E-state index in [1.165, 1.54) is 18.3 Å². The second-order valence-corrected chi connectivity index (χ2v) is 5.95. The average molecular weight is 386 g/mol. The maximum Gasteiger partial charge on any atom is 0.274 e. The Morgan fingerprint density at radius 2 is 1.75 bits per heavy atom. The molecule has 0 aliphatic rings. The number of carbonyl (C=O) groups is 1. The van der Waals surface area contributed by atoms with Crippen LogP contribution in [0.4, 0.5) is 21.5 Å². The van der Waals surface area contributed by atoms with Crippen LogP contribution in [-0.4, -0.2) is 10.9 Å². The fourth-order valence-corrected chi connectivity index (χ4v) is 2.50. The van der Waals surface area contributed by atoms with Crippen molar-refractivity contribution >= 4 is 38.9 Å². The molecule has 3 aromatic rings. The van der Waals surface area contributed by atoms with Crippen molar-refractivity contribution in [1.82, 2.24) is 4.98 Å². The Morgan fingerprint density at radius 3 is 2.46 bits per heavy atom. The minimum absolute atomic E-state index is 0.291. The molecule has 1 heterocycles. The predicted molar refractivity (Wildman–Crippen MR) is 96.0 cm³/mol. The maximum atomic E-state index is 13.2. The minimum atomic E-state index is -0.321. The smallest absolute Gasteiger partial charge is 0.274 e. The number of halogens is 2. The summed E-state index contributed by atoms with van der Waals surface area (Å²) < 4.78 is 14.0. The number of nitrogens with zero attached hydrogens (tertiary/aromatic N) is 1. The molecule has 0 unspecified atom stereocenters. The Morgan fingerprint density at radius 1 is 0.958 bits per heavy atom. The van der Waals surface area contributed by atoms with Gasteiger partial charge in [-0.3, -0.25) is 4.79 Å². The molecule has 0 saturated carbocycles. The Kier molecular flexibility index (Phi) is 4.86. The van der Waals surface area contributed by atoms with Crippen molar-refractivity contribution in [2.75, 3.05) is 10.6 Å². The number of amides is 1. The van der Waals surface area contributed by atoms with Gasteiger partial charge in [0.15, 0.2) is 0 Å². The van der Waals surface area contributed by atoms with Gasteiger partial charge in [-0.15, -0.1) is 0 Å². The normalized spacial score (nSPS) is 10.2. The van der Waals surface area contributed by atoms with Crippen molar-refractivity contribution in [2.24, 2.45) is 0 Å². The van der Waals surface area contributed by atoms with Crippen LogP contribution in [-0.2, 0) is 0 Å². The predicted octanol–water partition coefficient (Wildman–Crippen LogP) is 4.98. The zero-order valence-corrected chi connectivity index (χ0v) is 14.0. The topological polar surface area (TPSA) is 54.0 Å². The summed E-state index contributed by atoms with van der Waals surface area (Å²) in [5.41, 5.74) is 2.25. The van der Waals surface area contributed by atoms with Crippen LogP contribution in [0.2, 0.25) is 0 Å². The quantitative estimate of drug-likeness (QED) is 0.665. The fourth-order valence-electron chi connectivity index (χ4n) is 2.10. The molecule has 0 aliphatic carbocycles. The van der Waals surface area contributed by atoms with Crippen LogP contribution < -0.4 is 10.6 Å². The van der Waals surface area contributed by atoms with Gasteiger partial charge in [0.25, 0.3) is 5.91 Å². The lowest BCUT2D eigenvalue weighted by molar-refractivity contribution is 0.102. The number of carbonyl (C=O) groups excluding carboxylic acids is 1. The van der Waals surface area contributed by atoms with Crippen LogP contribution >= 0.6 is 15.9 Å². The number of nitrogens with one attached hydrogen (secondary N) is 2. The molecule has 0 atom stereocenters. The number of benzene rings is 2. The number of hydrogen-bond donors (Lipinski definition) is 2. The molecule has 3 rings (SSSR count). The summed E-state index contributed by atoms with van der Waals surface area (Å²) in [6.45, 7) is 0. The summed E-state index contributed by atoms with van der Waals surface area (Å²) in [5.74, 6) is -0.622. The van der Waals surface area contributed by atoms with Crippen molar-refractivity contribution in [3.05, 3.63) is 82.8 Å². The van der Waals surface area contributed by atoms with Gasteiger partial charge in [-0.25, -0.2) is 9.37 Å². The summed E-state index contributed by atoms with van der Waals surface area (Å²) in [5, 5.41) is 5.80. The van der Waals surface area contributed by atoms with E-state index in [-0.39, 0.29) is 11.7 Å². The van der Waals surface area contributed by atoms with Gasteiger partial charge in [-0.2, -0.15) is 0 Å². The number of pyridine rings is 1. The van der Waals surface area contributed by atoms with E-state index in [0.29, 0.717) is 22.8 Å². The summed E-state index contributed by atoms with van der Waals surface area (Å²) in [6.07, 6.45) is 1.53. The van der Waals surface area contributed by atoms with E-state index in [4.69, 9.17) is 0 Å². The van der Waals surface area contributed by atoms with E-state index >= 15 is 0 Å². The standard InChI is InChI=1S/C18H13BrFN3O/c19-12-3-1-5-14(9-12)23-18(24)17-8-7-16(11-21-17)22-15-6-2-4-13(20)10-15/h1-11,22H,(H,23,24). The first-order chi connectivity index (χ1) is 11.6. The third kappa shape index (κ3) is 4.17. The van der Waals surface area contributed by atoms with Gasteiger partial charge in [0.1, 0.15) is 11.5 Å². The lowest BCUT2D eigenvalue weighted by atomic mass is 10.2. The Labute approximate surface area is 146 Å². The lowest BCUT2D eigenvalue weighted by Gasteiger charge is -2.08. The minimum Gasteiger partial charge on any atom is -0.354 e. The van der Waals surface area contributed by atoms with Gasteiger partial charge in [-0.1, -0.05) is 28.1 Å². The lowest BCUT2D eigenvalue weighted by Crippen LogP contribution is -2.13. The molecule has 1 amide bonds. The van der Waals surface area contributed by atoms with Crippen LogP contribution in [0.5, 0.6) is 0 Å². The molecular weight excluding hydrogens is 373 g/mol. The first-order valence-electron chi connectivity index (χ1n) is 7.16. The third-order valence-corrected chi connectivity index (χ3v) is 3.69. The van der Waals surface area contributed by atoms with E-state index in [9.17, 15) is 9.18 Å². The Bertz CT molecular complexity index is 868. The highest BCUT2D eigenvalue weighted by atomic mass is 79.9. The highest BCUT2D eigenvalue weighted by Crippen LogP contribution is 2.18. The number of hydrogen-bond acceptors (Lipinski definition) is 3. The van der Waals surface area contributed by atoms with Crippen LogP contribution in [0, 0.1) is 5.82 Å². The molecular formula is C18H13BrFN3O. The maximum absolute atomic E-state index is 13.2. The monoisotopic (exact) mass is 385 g/mol. The molecule has 0 spiro atoms. The molecule has 1 aromatic heterocycles. The summed E-state index contributed by atoms with van der Waals surface area (Å²) >= 11 is 3.35. The van der Waals surface area contributed by atoms with Gasteiger partial charge in [-0.05, 0) is 48.5 Å². The zero-order valence-electron chi connectivity index (χ0n) is 12.5. The molecule has 0 bridgehead atoms. The van der Waals surface area contributed by atoms with Gasteiger partial charge in [0.2, 0.25) is 0 Å². The van der Waals surface area contributed by atoms with Crippen LogP contribution in [0.1, 0.15) is 10.5 Å². The van der Waals surface area contributed by atoms with Gasteiger partial charge >= 0.3 is 0 Å². The van der Waals surface area contributed by atoms with Crippen molar-refractivity contribution in [1.29, 1.82) is 0 Å². The number of anilines is 3. The van der Waals surface area contributed by atoms with E-state index in [2.05, 4.69) is 31.5 Å². The molecule has 0 radical (unpaired) electrons. The molecule has 24 heavy (non-hydrogen) atoms. The van der Waals surface area contributed by atoms with Crippen LogP contribution in [0.15, 0.2) is 71.3 Å². The second-order valence-electron chi connectivity index (χ2n) is 5.03. The molecule has 4 nitrogen and oxygen atoms in total. The number of aromatic nitrogens is 1. The number of rotatable bonds is 4. The fraction of sp³-hybridized carbons (Fsp3) is 0. The van der Waals surface area contributed by atoms with E-state index in [0.717, 1.165) is 4.47 Å². The molecule has 6 heteroatoms. The molecule has 2 N–H and O–H groups in total. The molecule has 120 valence electrons. The van der Waals surface area contributed by atoms with Crippen molar-refractivity contribution in [3.63, 3.8) is 0 Å². The SMILES string of the molecule is O=C(Nc1cccc(Br)c1)c1ccc(Nc2cccc(F)c2)cn1. The van der Waals surface area contributed by atoms with Gasteiger partial charge in [0.05, 0.1) is 11.9 Å². The largest absolute Gasteiger partial charge is 0.354 e. The molecule has 0 saturated heterocycles. The van der Waals surface area contributed by atoms with E-state index in [1.54, 1.807) is 36.4 Å². The summed E-state index contributed by atoms with van der Waals surface area (Å²) in [4.78, 5) is 16.3. The van der Waals surface area contributed by atoms with E-state index in [1.807, 2.05) is 12.1 Å². The Hall–Kier alpha value is -2.73. The van der Waals surface area contributed by atoms with Crippen molar-refractivity contribution < 1.29 is 9.18 Å². The van der Waals surface area contributed by atoms with E-state index < -0.39 is 0 Å². The first kappa shape index (κ1) is 16.1. The first-order valence-corrected chi connectivity index (χ1v) is 7.95. The van der Waals surface area contributed by atoms with Crippen molar-refractivity contribution in [2.45, 2.75) is 0 Å². The third-order valence-electron chi connectivity index (χ3n) is 3.19. The summed E-state index contributed by atoms with van der Waals surface area (Å²) in [6, 6.07) is 16.7. The van der Waals surface area contributed by atoms with Crippen LogP contribution in [0.25, 0.3) is 0 Å². The molecule has 0 fully saturated rings. The van der Waals surface area contributed by atoms with Crippen LogP contribution in [0.3, 0.4) is 0 Å². The van der Waals surface area contributed by atoms with Crippen molar-refractivity contribution in [3.8, 4) is 0 Å². The molecule has 0 aliphatic heterocycles. The second kappa shape index (κ2) is 7.23. The van der Waals surface area contributed by atoms with Gasteiger partial charge in [0, 0.05) is 15.8 Å². The summed E-state index contributed by atoms with van der Waals surface area (Å²) in [7, 11) is 0.